The molecule has 2 heterocycles. The Labute approximate surface area is 102 Å². The summed E-state index contributed by atoms with van der Waals surface area (Å²) in [6.45, 7) is 0.699. The van der Waals surface area contributed by atoms with Gasteiger partial charge in [-0.2, -0.15) is 0 Å². The van der Waals surface area contributed by atoms with Crippen molar-refractivity contribution in [3.8, 4) is 5.88 Å². The molecule has 1 atom stereocenters. The van der Waals surface area contributed by atoms with E-state index in [-0.39, 0.29) is 5.91 Å². The zero-order chi connectivity index (χ0) is 11.5. The van der Waals surface area contributed by atoms with Gasteiger partial charge in [0.15, 0.2) is 0 Å². The van der Waals surface area contributed by atoms with Gasteiger partial charge in [0.2, 0.25) is 11.8 Å². The van der Waals surface area contributed by atoms with Crippen molar-refractivity contribution in [1.29, 1.82) is 0 Å². The number of nitrogens with zero attached hydrogens (tertiary/aromatic N) is 3. The summed E-state index contributed by atoms with van der Waals surface area (Å²) < 4.78 is 5.00. The zero-order valence-electron chi connectivity index (χ0n) is 8.89. The van der Waals surface area contributed by atoms with E-state index in [0.717, 1.165) is 5.33 Å². The number of anilines is 1. The SMILES string of the molecule is COc1cc(N2CC(CBr)CC2=O)ncn1. The molecule has 16 heavy (non-hydrogen) atoms. The third kappa shape index (κ3) is 2.16. The monoisotopic (exact) mass is 285 g/mol. The van der Waals surface area contributed by atoms with E-state index >= 15 is 0 Å². The number of amides is 1. The molecule has 0 aliphatic carbocycles. The number of hydrogen-bond acceptors (Lipinski definition) is 4. The predicted molar refractivity (Wildman–Crippen MR) is 62.8 cm³/mol. The van der Waals surface area contributed by atoms with Gasteiger partial charge in [-0.3, -0.25) is 9.69 Å². The summed E-state index contributed by atoms with van der Waals surface area (Å²) in [5, 5.41) is 0.831. The minimum atomic E-state index is 0.102. The van der Waals surface area contributed by atoms with Gasteiger partial charge in [-0.25, -0.2) is 9.97 Å². The fourth-order valence-electron chi connectivity index (χ4n) is 1.70. The van der Waals surface area contributed by atoms with E-state index in [4.69, 9.17) is 4.74 Å². The molecule has 0 bridgehead atoms. The molecule has 1 aromatic heterocycles. The highest BCUT2D eigenvalue weighted by Crippen LogP contribution is 2.25. The lowest BCUT2D eigenvalue weighted by Crippen LogP contribution is -2.25. The Morgan fingerprint density at radius 1 is 1.62 bits per heavy atom. The summed E-state index contributed by atoms with van der Waals surface area (Å²) in [4.78, 5) is 21.4. The average Bonchev–Trinajstić information content (AvgIpc) is 2.71. The maximum atomic E-state index is 11.7. The van der Waals surface area contributed by atoms with Crippen molar-refractivity contribution in [2.75, 3.05) is 23.9 Å². The Morgan fingerprint density at radius 2 is 2.44 bits per heavy atom. The van der Waals surface area contributed by atoms with Crippen LogP contribution in [0.5, 0.6) is 5.88 Å². The molecule has 5 nitrogen and oxygen atoms in total. The molecule has 1 aliphatic heterocycles. The largest absolute Gasteiger partial charge is 0.481 e. The highest BCUT2D eigenvalue weighted by molar-refractivity contribution is 9.09. The van der Waals surface area contributed by atoms with Gasteiger partial charge < -0.3 is 4.74 Å². The Balaban J connectivity index is 2.20. The zero-order valence-corrected chi connectivity index (χ0v) is 10.5. The Kier molecular flexibility index (Phi) is 3.38. The van der Waals surface area contributed by atoms with Gasteiger partial charge in [0, 0.05) is 24.4 Å². The molecule has 0 aromatic carbocycles. The first-order chi connectivity index (χ1) is 7.74. The van der Waals surface area contributed by atoms with Crippen LogP contribution in [0.4, 0.5) is 5.82 Å². The quantitative estimate of drug-likeness (QED) is 0.784. The van der Waals surface area contributed by atoms with Gasteiger partial charge in [-0.15, -0.1) is 0 Å². The van der Waals surface area contributed by atoms with Gasteiger partial charge in [-0.1, -0.05) is 15.9 Å². The van der Waals surface area contributed by atoms with E-state index in [1.54, 1.807) is 18.1 Å². The molecule has 1 unspecified atom stereocenters. The molecule has 0 radical (unpaired) electrons. The lowest BCUT2D eigenvalue weighted by molar-refractivity contribution is -0.117. The first kappa shape index (κ1) is 11.3. The number of carbonyl (C=O) groups excluding carboxylic acids is 1. The number of hydrogen-bond donors (Lipinski definition) is 0. The first-order valence-corrected chi connectivity index (χ1v) is 6.09. The Hall–Kier alpha value is -1.17. The van der Waals surface area contributed by atoms with Crippen molar-refractivity contribution in [2.45, 2.75) is 6.42 Å². The lowest BCUT2D eigenvalue weighted by atomic mass is 10.2. The van der Waals surface area contributed by atoms with Crippen LogP contribution in [0.1, 0.15) is 6.42 Å². The summed E-state index contributed by atoms with van der Waals surface area (Å²) in [6.07, 6.45) is 1.97. The number of aromatic nitrogens is 2. The van der Waals surface area contributed by atoms with Crippen LogP contribution in [0.15, 0.2) is 12.4 Å². The van der Waals surface area contributed by atoms with Crippen molar-refractivity contribution in [3.63, 3.8) is 0 Å². The number of alkyl halides is 1. The molecule has 0 N–H and O–H groups in total. The lowest BCUT2D eigenvalue weighted by Gasteiger charge is -2.15. The van der Waals surface area contributed by atoms with Gasteiger partial charge in [0.05, 0.1) is 7.11 Å². The molecule has 1 aliphatic rings. The standard InChI is InChI=1S/C10H12BrN3O2/c1-16-9-3-8(12-6-13-9)14-5-7(4-11)2-10(14)15/h3,6-7H,2,4-5H2,1H3. The van der Waals surface area contributed by atoms with Crippen LogP contribution in [-0.4, -0.2) is 34.9 Å². The molecule has 1 amide bonds. The summed E-state index contributed by atoms with van der Waals surface area (Å²) in [5.74, 6) is 1.54. The minimum Gasteiger partial charge on any atom is -0.481 e. The number of ether oxygens (including phenoxy) is 1. The van der Waals surface area contributed by atoms with Crippen LogP contribution in [0.3, 0.4) is 0 Å². The van der Waals surface area contributed by atoms with Crippen LogP contribution in [0, 0.1) is 5.92 Å². The number of carbonyl (C=O) groups is 1. The van der Waals surface area contributed by atoms with Crippen LogP contribution in [0.2, 0.25) is 0 Å². The van der Waals surface area contributed by atoms with Gasteiger partial charge in [0.25, 0.3) is 0 Å². The fourth-order valence-corrected chi connectivity index (χ4v) is 2.13. The molecule has 1 saturated heterocycles. The Morgan fingerprint density at radius 3 is 3.06 bits per heavy atom. The number of halogens is 1. The summed E-state index contributed by atoms with van der Waals surface area (Å²) in [6, 6.07) is 1.68. The van der Waals surface area contributed by atoms with Gasteiger partial charge in [0.1, 0.15) is 12.1 Å². The van der Waals surface area contributed by atoms with Crippen molar-refractivity contribution in [3.05, 3.63) is 12.4 Å². The molecular weight excluding hydrogens is 274 g/mol. The predicted octanol–water partition coefficient (Wildman–Crippen LogP) is 1.23. The van der Waals surface area contributed by atoms with Crippen LogP contribution in [-0.2, 0) is 4.79 Å². The van der Waals surface area contributed by atoms with Crippen molar-refractivity contribution in [1.82, 2.24) is 9.97 Å². The van der Waals surface area contributed by atoms with E-state index in [2.05, 4.69) is 25.9 Å². The van der Waals surface area contributed by atoms with E-state index in [1.807, 2.05) is 0 Å². The number of methoxy groups -OCH3 is 1. The molecule has 1 aromatic rings. The third-order valence-corrected chi connectivity index (χ3v) is 3.45. The molecule has 86 valence electrons. The van der Waals surface area contributed by atoms with Crippen molar-refractivity contribution in [2.24, 2.45) is 5.92 Å². The van der Waals surface area contributed by atoms with E-state index in [1.165, 1.54) is 6.33 Å². The second-order valence-electron chi connectivity index (χ2n) is 3.65. The average molecular weight is 286 g/mol. The summed E-state index contributed by atoms with van der Waals surface area (Å²) in [7, 11) is 1.54. The second-order valence-corrected chi connectivity index (χ2v) is 4.29. The second kappa shape index (κ2) is 4.78. The molecule has 0 spiro atoms. The highest BCUT2D eigenvalue weighted by Gasteiger charge is 2.30. The van der Waals surface area contributed by atoms with Crippen LogP contribution >= 0.6 is 15.9 Å². The molecule has 6 heteroatoms. The topological polar surface area (TPSA) is 55.3 Å². The van der Waals surface area contributed by atoms with E-state index < -0.39 is 0 Å². The minimum absolute atomic E-state index is 0.102. The van der Waals surface area contributed by atoms with Crippen LogP contribution in [0.25, 0.3) is 0 Å². The van der Waals surface area contributed by atoms with Crippen LogP contribution < -0.4 is 9.64 Å². The highest BCUT2D eigenvalue weighted by atomic mass is 79.9. The van der Waals surface area contributed by atoms with Gasteiger partial charge in [-0.05, 0) is 5.92 Å². The third-order valence-electron chi connectivity index (χ3n) is 2.54. The first-order valence-electron chi connectivity index (χ1n) is 4.97. The van der Waals surface area contributed by atoms with E-state index in [9.17, 15) is 4.79 Å². The van der Waals surface area contributed by atoms with Gasteiger partial charge >= 0.3 is 0 Å². The van der Waals surface area contributed by atoms with E-state index in [0.29, 0.717) is 30.6 Å². The van der Waals surface area contributed by atoms with Crippen molar-refractivity contribution >= 4 is 27.7 Å². The maximum absolute atomic E-state index is 11.7. The maximum Gasteiger partial charge on any atom is 0.228 e. The molecule has 2 rings (SSSR count). The van der Waals surface area contributed by atoms with Crippen molar-refractivity contribution < 1.29 is 9.53 Å². The molecular formula is C10H12BrN3O2. The summed E-state index contributed by atoms with van der Waals surface area (Å²) >= 11 is 3.40. The summed E-state index contributed by atoms with van der Waals surface area (Å²) in [5.41, 5.74) is 0. The smallest absolute Gasteiger partial charge is 0.228 e. The Bertz CT molecular complexity index is 399. The molecule has 0 saturated carbocycles. The fraction of sp³-hybridized carbons (Fsp3) is 0.500. The number of rotatable bonds is 3. The molecule has 1 fully saturated rings. The normalized spacial score (nSPS) is 20.2.